The second kappa shape index (κ2) is 6.06. The Balaban J connectivity index is 2.59. The van der Waals surface area contributed by atoms with E-state index in [4.69, 9.17) is 4.74 Å². The number of ketones is 1. The van der Waals surface area contributed by atoms with Gasteiger partial charge in [0.25, 0.3) is 0 Å². The maximum Gasteiger partial charge on any atom is 0.197 e. The van der Waals surface area contributed by atoms with Crippen LogP contribution in [0.5, 0.6) is 5.75 Å². The summed E-state index contributed by atoms with van der Waals surface area (Å²) in [7, 11) is 1.41. The molecule has 0 heterocycles. The van der Waals surface area contributed by atoms with Gasteiger partial charge in [-0.3, -0.25) is 4.79 Å². The highest BCUT2D eigenvalue weighted by Crippen LogP contribution is 2.30. The molecule has 0 aliphatic heterocycles. The van der Waals surface area contributed by atoms with Crippen LogP contribution in [-0.2, 0) is 0 Å². The van der Waals surface area contributed by atoms with Crippen molar-refractivity contribution in [2.75, 3.05) is 7.11 Å². The van der Waals surface area contributed by atoms with Gasteiger partial charge < -0.3 is 4.74 Å². The highest BCUT2D eigenvalue weighted by molar-refractivity contribution is 9.10. The monoisotopic (exact) mass is 400 g/mol. The Morgan fingerprint density at radius 2 is 1.85 bits per heavy atom. The average molecular weight is 402 g/mol. The summed E-state index contributed by atoms with van der Waals surface area (Å²) in [6.45, 7) is 1.85. The van der Waals surface area contributed by atoms with Gasteiger partial charge >= 0.3 is 0 Å². The fraction of sp³-hybridized carbons (Fsp3) is 0.133. The molecule has 0 aromatic heterocycles. The lowest BCUT2D eigenvalue weighted by molar-refractivity contribution is 0.103. The molecule has 2 rings (SSSR count). The minimum absolute atomic E-state index is 0.207. The van der Waals surface area contributed by atoms with Gasteiger partial charge in [-0.1, -0.05) is 28.1 Å². The first-order valence-corrected chi connectivity index (χ1v) is 7.37. The van der Waals surface area contributed by atoms with Crippen LogP contribution in [0, 0.1) is 12.7 Å². The molecule has 5 heteroatoms. The van der Waals surface area contributed by atoms with Crippen molar-refractivity contribution in [3.05, 3.63) is 61.8 Å². The van der Waals surface area contributed by atoms with Gasteiger partial charge in [-0.15, -0.1) is 0 Å². The smallest absolute Gasteiger partial charge is 0.197 e. The lowest BCUT2D eigenvalue weighted by atomic mass is 9.98. The summed E-state index contributed by atoms with van der Waals surface area (Å²) in [5.74, 6) is -0.458. The summed E-state index contributed by atoms with van der Waals surface area (Å²) in [6, 6.07) is 8.03. The van der Waals surface area contributed by atoms with Crippen molar-refractivity contribution in [1.82, 2.24) is 0 Å². The summed E-state index contributed by atoms with van der Waals surface area (Å²) < 4.78 is 19.7. The van der Waals surface area contributed by atoms with Crippen LogP contribution in [-0.4, -0.2) is 12.9 Å². The van der Waals surface area contributed by atoms with E-state index >= 15 is 0 Å². The molecule has 2 nitrogen and oxygen atoms in total. The minimum atomic E-state index is -0.468. The number of carbonyl (C=O) groups is 1. The molecular weight excluding hydrogens is 391 g/mol. The highest BCUT2D eigenvalue weighted by Gasteiger charge is 2.19. The van der Waals surface area contributed by atoms with E-state index in [2.05, 4.69) is 31.9 Å². The Morgan fingerprint density at radius 3 is 2.50 bits per heavy atom. The van der Waals surface area contributed by atoms with Gasteiger partial charge in [0.05, 0.1) is 17.1 Å². The summed E-state index contributed by atoms with van der Waals surface area (Å²) in [5, 5.41) is 0. The predicted octanol–water partition coefficient (Wildman–Crippen LogP) is 4.90. The van der Waals surface area contributed by atoms with Crippen LogP contribution in [0.3, 0.4) is 0 Å². The van der Waals surface area contributed by atoms with E-state index in [1.165, 1.54) is 19.2 Å². The maximum absolute atomic E-state index is 13.5. The number of hydrogen-bond donors (Lipinski definition) is 0. The molecule has 0 fully saturated rings. The summed E-state index contributed by atoms with van der Waals surface area (Å²) >= 11 is 6.49. The van der Waals surface area contributed by atoms with Crippen LogP contribution in [0.15, 0.2) is 39.3 Å². The fourth-order valence-corrected chi connectivity index (χ4v) is 2.58. The fourth-order valence-electron chi connectivity index (χ4n) is 1.87. The highest BCUT2D eigenvalue weighted by atomic mass is 79.9. The Morgan fingerprint density at radius 1 is 1.15 bits per heavy atom. The molecule has 0 saturated heterocycles. The number of benzene rings is 2. The first-order chi connectivity index (χ1) is 9.45. The van der Waals surface area contributed by atoms with Crippen molar-refractivity contribution >= 4 is 37.6 Å². The van der Waals surface area contributed by atoms with Crippen LogP contribution in [0.4, 0.5) is 4.39 Å². The zero-order chi connectivity index (χ0) is 14.9. The number of methoxy groups -OCH3 is 1. The molecule has 0 spiro atoms. The van der Waals surface area contributed by atoms with Gasteiger partial charge in [-0.05, 0) is 40.5 Å². The maximum atomic E-state index is 13.5. The van der Waals surface area contributed by atoms with E-state index in [-0.39, 0.29) is 16.0 Å². The van der Waals surface area contributed by atoms with E-state index in [1.807, 2.05) is 13.0 Å². The summed E-state index contributed by atoms with van der Waals surface area (Å²) in [4.78, 5) is 12.6. The molecule has 0 unspecified atom stereocenters. The molecule has 2 aromatic carbocycles. The molecule has 104 valence electrons. The van der Waals surface area contributed by atoms with E-state index in [0.717, 1.165) is 10.0 Å². The SMILES string of the molecule is COc1cc(F)c(Br)cc1C(=O)c1cccc(Br)c1C. The van der Waals surface area contributed by atoms with Crippen LogP contribution in [0.25, 0.3) is 0 Å². The van der Waals surface area contributed by atoms with Crippen molar-refractivity contribution in [1.29, 1.82) is 0 Å². The second-order valence-electron chi connectivity index (χ2n) is 4.21. The predicted molar refractivity (Wildman–Crippen MR) is 83.0 cm³/mol. The van der Waals surface area contributed by atoms with E-state index in [9.17, 15) is 9.18 Å². The summed E-state index contributed by atoms with van der Waals surface area (Å²) in [5.41, 5.74) is 1.71. The van der Waals surface area contributed by atoms with E-state index < -0.39 is 5.82 Å². The third kappa shape index (κ3) is 2.79. The molecule has 0 N–H and O–H groups in total. The second-order valence-corrected chi connectivity index (χ2v) is 5.92. The topological polar surface area (TPSA) is 26.3 Å². The number of carbonyl (C=O) groups excluding carboxylic acids is 1. The number of hydrogen-bond acceptors (Lipinski definition) is 2. The molecule has 0 saturated carbocycles. The van der Waals surface area contributed by atoms with Gasteiger partial charge in [0.1, 0.15) is 11.6 Å². The molecule has 0 bridgehead atoms. The van der Waals surface area contributed by atoms with E-state index in [1.54, 1.807) is 12.1 Å². The first kappa shape index (κ1) is 15.2. The standard InChI is InChI=1S/C15H11Br2FO2/c1-8-9(4-3-5-11(8)16)15(19)10-6-12(17)13(18)7-14(10)20-2/h3-7H,1-2H3. The molecule has 0 amide bonds. The third-order valence-corrected chi connectivity index (χ3v) is 4.47. The van der Waals surface area contributed by atoms with Crippen LogP contribution in [0.1, 0.15) is 21.5 Å². The zero-order valence-corrected chi connectivity index (χ0v) is 14.0. The summed E-state index contributed by atoms with van der Waals surface area (Å²) in [6.07, 6.45) is 0. The number of rotatable bonds is 3. The van der Waals surface area contributed by atoms with Gasteiger partial charge in [0, 0.05) is 16.1 Å². The first-order valence-electron chi connectivity index (χ1n) is 5.78. The van der Waals surface area contributed by atoms with E-state index in [0.29, 0.717) is 11.1 Å². The molecule has 0 aliphatic rings. The zero-order valence-electron chi connectivity index (χ0n) is 10.8. The Kier molecular flexibility index (Phi) is 4.60. The Hall–Kier alpha value is -1.20. The molecule has 2 aromatic rings. The van der Waals surface area contributed by atoms with Gasteiger partial charge in [0.2, 0.25) is 0 Å². The van der Waals surface area contributed by atoms with Crippen molar-refractivity contribution in [2.24, 2.45) is 0 Å². The quantitative estimate of drug-likeness (QED) is 0.683. The number of halogens is 3. The van der Waals surface area contributed by atoms with Gasteiger partial charge in [0.15, 0.2) is 5.78 Å². The molecule has 0 aliphatic carbocycles. The molecular formula is C15H11Br2FO2. The van der Waals surface area contributed by atoms with Crippen molar-refractivity contribution in [3.8, 4) is 5.75 Å². The van der Waals surface area contributed by atoms with Gasteiger partial charge in [-0.2, -0.15) is 0 Å². The number of ether oxygens (including phenoxy) is 1. The Bertz CT molecular complexity index is 684. The Labute approximate surface area is 133 Å². The average Bonchev–Trinajstić information content (AvgIpc) is 2.43. The van der Waals surface area contributed by atoms with Crippen molar-refractivity contribution in [2.45, 2.75) is 6.92 Å². The normalized spacial score (nSPS) is 10.4. The van der Waals surface area contributed by atoms with Crippen LogP contribution in [0.2, 0.25) is 0 Å². The largest absolute Gasteiger partial charge is 0.496 e. The molecule has 0 atom stereocenters. The van der Waals surface area contributed by atoms with Crippen molar-refractivity contribution < 1.29 is 13.9 Å². The molecule has 0 radical (unpaired) electrons. The third-order valence-electron chi connectivity index (χ3n) is 3.00. The van der Waals surface area contributed by atoms with Crippen molar-refractivity contribution in [3.63, 3.8) is 0 Å². The van der Waals surface area contributed by atoms with Crippen LogP contribution < -0.4 is 4.74 Å². The van der Waals surface area contributed by atoms with Crippen LogP contribution >= 0.6 is 31.9 Å². The van der Waals surface area contributed by atoms with Gasteiger partial charge in [-0.25, -0.2) is 4.39 Å². The lowest BCUT2D eigenvalue weighted by Gasteiger charge is -2.11. The lowest BCUT2D eigenvalue weighted by Crippen LogP contribution is -2.07. The minimum Gasteiger partial charge on any atom is -0.496 e. The molecule has 20 heavy (non-hydrogen) atoms.